The van der Waals surface area contributed by atoms with E-state index in [-0.39, 0.29) is 6.42 Å². The summed E-state index contributed by atoms with van der Waals surface area (Å²) < 4.78 is 4.93. The largest absolute Gasteiger partial charge is 0.497 e. The molecule has 0 fully saturated rings. The summed E-state index contributed by atoms with van der Waals surface area (Å²) >= 11 is 0. The van der Waals surface area contributed by atoms with Gasteiger partial charge >= 0.3 is 5.97 Å². The second-order valence-electron chi connectivity index (χ2n) is 2.65. The molecule has 66 valence electrons. The van der Waals surface area contributed by atoms with Gasteiger partial charge in [0.1, 0.15) is 13.6 Å². The van der Waals surface area contributed by atoms with Crippen molar-refractivity contribution in [2.75, 3.05) is 7.11 Å². The molecule has 0 saturated heterocycles. The number of carboxylic acids is 1. The van der Waals surface area contributed by atoms with Crippen molar-refractivity contribution >= 4 is 19.3 Å². The number of hydrogen-bond acceptors (Lipinski definition) is 2. The van der Waals surface area contributed by atoms with Crippen molar-refractivity contribution in [3.8, 4) is 5.75 Å². The SMILES string of the molecule is [B]c1cc(CC(=O)O)ccc1OC. The van der Waals surface area contributed by atoms with Crippen LogP contribution in [0.4, 0.5) is 0 Å². The van der Waals surface area contributed by atoms with Gasteiger partial charge in [-0.2, -0.15) is 0 Å². The highest BCUT2D eigenvalue weighted by atomic mass is 16.5. The third kappa shape index (κ3) is 2.51. The summed E-state index contributed by atoms with van der Waals surface area (Å²) in [6, 6.07) is 4.95. The van der Waals surface area contributed by atoms with Crippen LogP contribution in [0.5, 0.6) is 5.75 Å². The molecule has 3 nitrogen and oxygen atoms in total. The van der Waals surface area contributed by atoms with Gasteiger partial charge in [0, 0.05) is 0 Å². The average Bonchev–Trinajstić information content (AvgIpc) is 2.03. The monoisotopic (exact) mass is 176 g/mol. The predicted molar refractivity (Wildman–Crippen MR) is 49.7 cm³/mol. The highest BCUT2D eigenvalue weighted by Crippen LogP contribution is 2.08. The first kappa shape index (κ1) is 9.64. The van der Waals surface area contributed by atoms with Crippen LogP contribution in [0.3, 0.4) is 0 Å². The van der Waals surface area contributed by atoms with Crippen LogP contribution in [-0.4, -0.2) is 26.0 Å². The van der Waals surface area contributed by atoms with Crippen LogP contribution in [0.2, 0.25) is 0 Å². The van der Waals surface area contributed by atoms with Crippen molar-refractivity contribution in [2.24, 2.45) is 0 Å². The van der Waals surface area contributed by atoms with E-state index in [0.717, 1.165) is 0 Å². The molecule has 0 saturated carbocycles. The minimum atomic E-state index is -0.871. The van der Waals surface area contributed by atoms with Crippen LogP contribution in [-0.2, 0) is 11.2 Å². The van der Waals surface area contributed by atoms with Gasteiger partial charge in [0.25, 0.3) is 0 Å². The lowest BCUT2D eigenvalue weighted by Gasteiger charge is -2.05. The van der Waals surface area contributed by atoms with Crippen molar-refractivity contribution in [3.63, 3.8) is 0 Å². The molecule has 0 unspecified atom stereocenters. The molecule has 4 heteroatoms. The number of aliphatic carboxylic acids is 1. The summed E-state index contributed by atoms with van der Waals surface area (Å²) in [5.41, 5.74) is 1.13. The molecule has 1 aromatic carbocycles. The van der Waals surface area contributed by atoms with Crippen LogP contribution in [0.25, 0.3) is 0 Å². The quantitative estimate of drug-likeness (QED) is 0.665. The molecule has 0 aliphatic heterocycles. The Morgan fingerprint density at radius 1 is 1.62 bits per heavy atom. The van der Waals surface area contributed by atoms with E-state index in [1.807, 2.05) is 0 Å². The van der Waals surface area contributed by atoms with E-state index in [1.165, 1.54) is 7.11 Å². The molecule has 0 amide bonds. The van der Waals surface area contributed by atoms with Crippen molar-refractivity contribution in [1.82, 2.24) is 0 Å². The third-order valence-electron chi connectivity index (χ3n) is 1.65. The first-order valence-corrected chi connectivity index (χ1v) is 3.77. The number of carboxylic acid groups (broad SMARTS) is 1. The molecule has 0 bridgehead atoms. The molecule has 0 spiro atoms. The lowest BCUT2D eigenvalue weighted by Crippen LogP contribution is -2.10. The Hall–Kier alpha value is -1.45. The van der Waals surface area contributed by atoms with Gasteiger partial charge in [0.05, 0.1) is 13.5 Å². The van der Waals surface area contributed by atoms with E-state index < -0.39 is 5.97 Å². The number of hydrogen-bond donors (Lipinski definition) is 1. The van der Waals surface area contributed by atoms with E-state index in [4.69, 9.17) is 17.7 Å². The van der Waals surface area contributed by atoms with Gasteiger partial charge < -0.3 is 9.84 Å². The maximum atomic E-state index is 10.4. The Morgan fingerprint density at radius 3 is 2.77 bits per heavy atom. The summed E-state index contributed by atoms with van der Waals surface area (Å²) in [4.78, 5) is 10.4. The minimum Gasteiger partial charge on any atom is -0.497 e. The Bertz CT molecular complexity index is 323. The van der Waals surface area contributed by atoms with Crippen LogP contribution in [0.1, 0.15) is 5.56 Å². The zero-order chi connectivity index (χ0) is 9.84. The van der Waals surface area contributed by atoms with Gasteiger partial charge in [0.15, 0.2) is 0 Å². The van der Waals surface area contributed by atoms with E-state index in [1.54, 1.807) is 18.2 Å². The third-order valence-corrected chi connectivity index (χ3v) is 1.65. The minimum absolute atomic E-state index is 0.0196. The summed E-state index contributed by atoms with van der Waals surface area (Å²) in [6.45, 7) is 0. The molecule has 1 aromatic rings. The number of benzene rings is 1. The van der Waals surface area contributed by atoms with Gasteiger partial charge in [0.2, 0.25) is 0 Å². The van der Waals surface area contributed by atoms with Crippen LogP contribution in [0.15, 0.2) is 18.2 Å². The Balaban J connectivity index is 2.89. The maximum Gasteiger partial charge on any atom is 0.307 e. The summed E-state index contributed by atoms with van der Waals surface area (Å²) in [5, 5.41) is 8.51. The molecule has 0 aliphatic carbocycles. The summed E-state index contributed by atoms with van der Waals surface area (Å²) in [5.74, 6) is -0.307. The second-order valence-corrected chi connectivity index (χ2v) is 2.65. The maximum absolute atomic E-state index is 10.4. The second kappa shape index (κ2) is 3.98. The van der Waals surface area contributed by atoms with Gasteiger partial charge in [-0.3, -0.25) is 4.79 Å². The van der Waals surface area contributed by atoms with Crippen molar-refractivity contribution in [1.29, 1.82) is 0 Å². The normalized spacial score (nSPS) is 9.62. The van der Waals surface area contributed by atoms with E-state index in [2.05, 4.69) is 0 Å². The number of ether oxygens (including phenoxy) is 1. The Labute approximate surface area is 77.7 Å². The van der Waals surface area contributed by atoms with Gasteiger partial charge in [-0.05, 0) is 11.6 Å². The first-order valence-electron chi connectivity index (χ1n) is 3.77. The van der Waals surface area contributed by atoms with E-state index in [9.17, 15) is 4.79 Å². The molecule has 13 heavy (non-hydrogen) atoms. The summed E-state index contributed by atoms with van der Waals surface area (Å²) in [6.07, 6.45) is -0.0196. The Morgan fingerprint density at radius 2 is 2.31 bits per heavy atom. The van der Waals surface area contributed by atoms with E-state index in [0.29, 0.717) is 16.8 Å². The molecular formula is C9H9BO3. The average molecular weight is 176 g/mol. The summed E-state index contributed by atoms with van der Waals surface area (Å²) in [7, 11) is 7.11. The molecule has 0 aromatic heterocycles. The Kier molecular flexibility index (Phi) is 2.95. The lowest BCUT2D eigenvalue weighted by atomic mass is 9.92. The fourth-order valence-corrected chi connectivity index (χ4v) is 1.07. The number of methoxy groups -OCH3 is 1. The highest BCUT2D eigenvalue weighted by molar-refractivity contribution is 6.34. The number of carbonyl (C=O) groups is 1. The van der Waals surface area contributed by atoms with Crippen LogP contribution in [0, 0.1) is 0 Å². The fraction of sp³-hybridized carbons (Fsp3) is 0.222. The molecule has 0 atom stereocenters. The molecule has 1 rings (SSSR count). The standard InChI is InChI=1S/C9H9BO3/c1-13-8-3-2-6(4-7(8)10)5-9(11)12/h2-4H,5H2,1H3,(H,11,12). The predicted octanol–water partition coefficient (Wildman–Crippen LogP) is 0.116. The van der Waals surface area contributed by atoms with Crippen LogP contribution >= 0.6 is 0 Å². The zero-order valence-electron chi connectivity index (χ0n) is 7.28. The van der Waals surface area contributed by atoms with E-state index >= 15 is 0 Å². The fourth-order valence-electron chi connectivity index (χ4n) is 1.07. The molecule has 2 radical (unpaired) electrons. The van der Waals surface area contributed by atoms with Crippen molar-refractivity contribution in [3.05, 3.63) is 23.8 Å². The van der Waals surface area contributed by atoms with Crippen molar-refractivity contribution < 1.29 is 14.6 Å². The topological polar surface area (TPSA) is 46.5 Å². The molecule has 1 N–H and O–H groups in total. The zero-order valence-corrected chi connectivity index (χ0v) is 7.28. The van der Waals surface area contributed by atoms with Gasteiger partial charge in [-0.1, -0.05) is 17.6 Å². The highest BCUT2D eigenvalue weighted by Gasteiger charge is 2.02. The molecule has 0 heterocycles. The van der Waals surface area contributed by atoms with Gasteiger partial charge in [-0.15, -0.1) is 0 Å². The first-order chi connectivity index (χ1) is 6.13. The van der Waals surface area contributed by atoms with Gasteiger partial charge in [-0.25, -0.2) is 0 Å². The lowest BCUT2D eigenvalue weighted by molar-refractivity contribution is -0.136. The molecule has 0 aliphatic rings. The number of rotatable bonds is 3. The van der Waals surface area contributed by atoms with Crippen molar-refractivity contribution in [2.45, 2.75) is 6.42 Å². The smallest absolute Gasteiger partial charge is 0.307 e. The molecular weight excluding hydrogens is 167 g/mol. The van der Waals surface area contributed by atoms with Crippen LogP contribution < -0.4 is 10.2 Å².